The number of carbonyl (C=O) groups excluding carboxylic acids is 1. The summed E-state index contributed by atoms with van der Waals surface area (Å²) in [5.74, 6) is -0.171. The van der Waals surface area contributed by atoms with Crippen molar-refractivity contribution in [2.45, 2.75) is 11.9 Å². The fourth-order valence-corrected chi connectivity index (χ4v) is 3.56. The summed E-state index contributed by atoms with van der Waals surface area (Å²) in [6.45, 7) is 0.383. The van der Waals surface area contributed by atoms with Crippen LogP contribution in [0.3, 0.4) is 0 Å². The molecule has 0 aromatic heterocycles. The molecule has 0 bridgehead atoms. The molecule has 0 fully saturated rings. The zero-order valence-electron chi connectivity index (χ0n) is 12.7. The predicted molar refractivity (Wildman–Crippen MR) is 97.8 cm³/mol. The predicted octanol–water partition coefficient (Wildman–Crippen LogP) is 2.35. The molecule has 5 nitrogen and oxygen atoms in total. The van der Waals surface area contributed by atoms with Crippen molar-refractivity contribution in [2.24, 2.45) is 5.73 Å². The number of carbonyl (C=O) groups is 1. The van der Waals surface area contributed by atoms with E-state index < -0.39 is 0 Å². The van der Waals surface area contributed by atoms with Crippen LogP contribution in [0.1, 0.15) is 27.0 Å². The topological polar surface area (TPSA) is 103 Å². The van der Waals surface area contributed by atoms with Gasteiger partial charge in [-0.3, -0.25) is 0 Å². The van der Waals surface area contributed by atoms with E-state index in [9.17, 15) is 4.79 Å². The first-order valence-corrected chi connectivity index (χ1v) is 9.88. The molecule has 0 saturated heterocycles. The summed E-state index contributed by atoms with van der Waals surface area (Å²) in [5, 5.41) is 19.7. The number of nitriles is 1. The van der Waals surface area contributed by atoms with Crippen LogP contribution in [-0.4, -0.2) is 25.6 Å². The first kappa shape index (κ1) is 18.2. The zero-order chi connectivity index (χ0) is 17.5. The van der Waals surface area contributed by atoms with E-state index >= 15 is 0 Å². The quantitative estimate of drug-likeness (QED) is 0.358. The summed E-state index contributed by atoms with van der Waals surface area (Å²) in [6.07, 6.45) is 0. The van der Waals surface area contributed by atoms with Gasteiger partial charge < -0.3 is 0 Å². The number of nitrogens with zero attached hydrogens (tertiary/aromatic N) is 1. The van der Waals surface area contributed by atoms with Gasteiger partial charge in [0.2, 0.25) is 0 Å². The van der Waals surface area contributed by atoms with Gasteiger partial charge in [0, 0.05) is 0 Å². The van der Waals surface area contributed by atoms with E-state index in [0.717, 1.165) is 15.6 Å². The molecule has 7 heteroatoms. The second kappa shape index (κ2) is 8.65. The first-order chi connectivity index (χ1) is 11.5. The molecular weight excluding hydrogens is 435 g/mol. The van der Waals surface area contributed by atoms with Crippen LogP contribution in [0.15, 0.2) is 46.9 Å². The van der Waals surface area contributed by atoms with Gasteiger partial charge in [0.05, 0.1) is 0 Å². The van der Waals surface area contributed by atoms with Crippen molar-refractivity contribution < 1.29 is 4.79 Å². The third kappa shape index (κ3) is 5.20. The molecule has 0 atom stereocenters. The molecule has 0 aliphatic carbocycles. The SMILES string of the molecule is N#Cc1ccc(CNC(=O)c2cc(Br)ccc2C[Se]C(=N)N)cc1. The molecule has 0 aliphatic rings. The van der Waals surface area contributed by atoms with Gasteiger partial charge in [-0.05, 0) is 0 Å². The van der Waals surface area contributed by atoms with Crippen molar-refractivity contribution in [1.29, 1.82) is 10.7 Å². The minimum atomic E-state index is -0.171. The third-order valence-electron chi connectivity index (χ3n) is 3.24. The van der Waals surface area contributed by atoms with Crippen LogP contribution in [0.4, 0.5) is 0 Å². The molecule has 2 aromatic rings. The fourth-order valence-electron chi connectivity index (χ4n) is 2.02. The van der Waals surface area contributed by atoms with Gasteiger partial charge in [-0.2, -0.15) is 0 Å². The second-order valence-electron chi connectivity index (χ2n) is 4.95. The molecule has 4 N–H and O–H groups in total. The molecule has 2 rings (SSSR count). The van der Waals surface area contributed by atoms with Gasteiger partial charge >= 0.3 is 155 Å². The summed E-state index contributed by atoms with van der Waals surface area (Å²) >= 11 is 3.23. The average Bonchev–Trinajstić information content (AvgIpc) is 2.58. The normalized spacial score (nSPS) is 10.0. The van der Waals surface area contributed by atoms with Crippen molar-refractivity contribution >= 4 is 41.5 Å². The van der Waals surface area contributed by atoms with Crippen molar-refractivity contribution in [3.05, 3.63) is 69.2 Å². The Kier molecular flexibility index (Phi) is 6.56. The second-order valence-corrected chi connectivity index (χ2v) is 8.00. The van der Waals surface area contributed by atoms with Crippen molar-refractivity contribution in [3.63, 3.8) is 0 Å². The van der Waals surface area contributed by atoms with E-state index in [4.69, 9.17) is 16.4 Å². The number of nitrogens with two attached hydrogens (primary N) is 1. The number of hydrogen-bond acceptors (Lipinski definition) is 3. The van der Waals surface area contributed by atoms with Gasteiger partial charge in [-0.1, -0.05) is 0 Å². The van der Waals surface area contributed by atoms with Crippen LogP contribution >= 0.6 is 15.9 Å². The van der Waals surface area contributed by atoms with E-state index in [2.05, 4.69) is 27.3 Å². The number of amidine groups is 1. The van der Waals surface area contributed by atoms with Crippen LogP contribution in [0.25, 0.3) is 0 Å². The van der Waals surface area contributed by atoms with Crippen LogP contribution < -0.4 is 11.1 Å². The molecular formula is C17H15BrN4OSe. The number of rotatable bonds is 6. The Morgan fingerprint density at radius 1 is 1.29 bits per heavy atom. The van der Waals surface area contributed by atoms with Crippen LogP contribution in [-0.2, 0) is 11.9 Å². The summed E-state index contributed by atoms with van der Waals surface area (Å²) < 4.78 is 0.986. The Bertz CT molecular complexity index is 799. The maximum absolute atomic E-state index is 12.5. The molecule has 0 aliphatic heterocycles. The van der Waals surface area contributed by atoms with E-state index in [-0.39, 0.29) is 25.6 Å². The molecule has 2 aromatic carbocycles. The molecule has 0 radical (unpaired) electrons. The van der Waals surface area contributed by atoms with E-state index in [1.807, 2.05) is 24.3 Å². The summed E-state index contributed by atoms with van der Waals surface area (Å²) in [5.41, 5.74) is 8.41. The summed E-state index contributed by atoms with van der Waals surface area (Å²) in [6, 6.07) is 14.7. The number of benzene rings is 2. The molecule has 0 heterocycles. The number of amides is 1. The van der Waals surface area contributed by atoms with Gasteiger partial charge in [0.1, 0.15) is 0 Å². The Morgan fingerprint density at radius 2 is 2.00 bits per heavy atom. The van der Waals surface area contributed by atoms with Crippen LogP contribution in [0, 0.1) is 16.7 Å². The van der Waals surface area contributed by atoms with Gasteiger partial charge in [0.15, 0.2) is 0 Å². The molecule has 0 unspecified atom stereocenters. The molecule has 0 spiro atoms. The van der Waals surface area contributed by atoms with Gasteiger partial charge in [0.25, 0.3) is 0 Å². The monoisotopic (exact) mass is 450 g/mol. The minimum absolute atomic E-state index is 0.157. The average molecular weight is 450 g/mol. The zero-order valence-corrected chi connectivity index (χ0v) is 16.0. The van der Waals surface area contributed by atoms with E-state index in [1.165, 1.54) is 0 Å². The summed E-state index contributed by atoms with van der Waals surface area (Å²) in [7, 11) is 0. The number of hydrogen-bond donors (Lipinski definition) is 3. The Hall–Kier alpha value is -2.13. The van der Waals surface area contributed by atoms with E-state index in [1.54, 1.807) is 18.2 Å². The van der Waals surface area contributed by atoms with Gasteiger partial charge in [-0.25, -0.2) is 0 Å². The number of halogens is 1. The van der Waals surface area contributed by atoms with Crippen LogP contribution in [0.5, 0.6) is 0 Å². The Labute approximate surface area is 155 Å². The van der Waals surface area contributed by atoms with Crippen molar-refractivity contribution in [3.8, 4) is 6.07 Å². The Morgan fingerprint density at radius 3 is 2.62 bits per heavy atom. The standard InChI is InChI=1S/C17H15BrN4OSe/c18-14-6-5-13(10-24-17(20)21)15(7-14)16(23)22-9-12-3-1-11(8-19)2-4-12/h1-7H,9-10H2,(H3,20,21)(H,22,23). The van der Waals surface area contributed by atoms with E-state index in [0.29, 0.717) is 23.0 Å². The molecule has 122 valence electrons. The summed E-state index contributed by atoms with van der Waals surface area (Å²) in [4.78, 5) is 12.5. The van der Waals surface area contributed by atoms with Crippen molar-refractivity contribution in [2.75, 3.05) is 0 Å². The van der Waals surface area contributed by atoms with Crippen molar-refractivity contribution in [1.82, 2.24) is 5.32 Å². The third-order valence-corrected chi connectivity index (χ3v) is 5.34. The fraction of sp³-hybridized carbons (Fsp3) is 0.118. The molecule has 1 amide bonds. The van der Waals surface area contributed by atoms with Gasteiger partial charge in [-0.15, -0.1) is 0 Å². The molecule has 24 heavy (non-hydrogen) atoms. The number of nitrogens with one attached hydrogen (secondary N) is 2. The maximum atomic E-state index is 12.5. The Balaban J connectivity index is 2.09. The van der Waals surface area contributed by atoms with Crippen LogP contribution in [0.2, 0.25) is 0 Å². The molecule has 0 saturated carbocycles. The first-order valence-electron chi connectivity index (χ1n) is 7.02.